The van der Waals surface area contributed by atoms with Crippen molar-refractivity contribution < 1.29 is 18.9 Å². The molecule has 0 rings (SSSR count). The lowest BCUT2D eigenvalue weighted by Gasteiger charge is -2.32. The lowest BCUT2D eigenvalue weighted by Crippen LogP contribution is -2.37. The molecule has 0 saturated heterocycles. The van der Waals surface area contributed by atoms with E-state index in [1.54, 1.807) is 59.9 Å². The maximum atomic E-state index is 5.57. The molecule has 0 atom stereocenters. The fourth-order valence-electron chi connectivity index (χ4n) is 1.53. The summed E-state index contributed by atoms with van der Waals surface area (Å²) in [6, 6.07) is 2.28. The zero-order valence-corrected chi connectivity index (χ0v) is 18.0. The van der Waals surface area contributed by atoms with Gasteiger partial charge in [-0.25, -0.2) is 0 Å². The van der Waals surface area contributed by atoms with Crippen LogP contribution >= 0.6 is 31.4 Å². The molecule has 0 fully saturated rings. The van der Waals surface area contributed by atoms with Gasteiger partial charge in [0.1, 0.15) is 19.0 Å². The first kappa shape index (κ1) is 20.3. The molecule has 0 aromatic rings. The van der Waals surface area contributed by atoms with Crippen LogP contribution in [0, 0.1) is 0 Å². The van der Waals surface area contributed by atoms with Crippen LogP contribution in [-0.4, -0.2) is 57.0 Å². The van der Waals surface area contributed by atoms with Gasteiger partial charge in [-0.1, -0.05) is 25.9 Å². The second-order valence-corrected chi connectivity index (χ2v) is 14.2. The summed E-state index contributed by atoms with van der Waals surface area (Å²) >= 11 is 0. The van der Waals surface area contributed by atoms with E-state index in [4.69, 9.17) is 18.9 Å². The Labute approximate surface area is 133 Å². The van der Waals surface area contributed by atoms with Gasteiger partial charge in [0.2, 0.25) is 0 Å². The minimum absolute atomic E-state index is 0.445. The zero-order chi connectivity index (χ0) is 14.8. The van der Waals surface area contributed by atoms with E-state index in [9.17, 15) is 0 Å². The van der Waals surface area contributed by atoms with Crippen LogP contribution in [0.2, 0.25) is 12.1 Å². The standard InChI is InChI=1S/C10H26O4S3Si2/c1-7-18-9(11-3,12-4)15-17-16-10(13-5,14-6)19-8-2/h7-8,18-19H2,1-6H3. The van der Waals surface area contributed by atoms with E-state index in [0.29, 0.717) is 0 Å². The van der Waals surface area contributed by atoms with E-state index < -0.39 is 28.5 Å². The summed E-state index contributed by atoms with van der Waals surface area (Å²) in [5.74, 6) is 0. The molecule has 0 unspecified atom stereocenters. The average Bonchev–Trinajstić information content (AvgIpc) is 2.45. The van der Waals surface area contributed by atoms with Gasteiger partial charge < -0.3 is 18.9 Å². The maximum Gasteiger partial charge on any atom is 0.200 e. The van der Waals surface area contributed by atoms with Gasteiger partial charge in [-0.2, -0.15) is 0 Å². The highest BCUT2D eigenvalue weighted by Gasteiger charge is 2.35. The lowest BCUT2D eigenvalue weighted by molar-refractivity contribution is -0.0726. The first-order chi connectivity index (χ1) is 9.07. The third-order valence-corrected chi connectivity index (χ3v) is 13.9. The lowest BCUT2D eigenvalue weighted by atomic mass is 11.0. The highest BCUT2D eigenvalue weighted by molar-refractivity contribution is 9.10. The van der Waals surface area contributed by atoms with Gasteiger partial charge in [0.15, 0.2) is 9.48 Å². The van der Waals surface area contributed by atoms with Crippen molar-refractivity contribution >= 4 is 50.5 Å². The molecule has 9 heteroatoms. The summed E-state index contributed by atoms with van der Waals surface area (Å²) in [6.07, 6.45) is 0. The van der Waals surface area contributed by atoms with Crippen LogP contribution in [0.1, 0.15) is 13.8 Å². The van der Waals surface area contributed by atoms with Crippen LogP contribution in [-0.2, 0) is 18.9 Å². The first-order valence-electron chi connectivity index (χ1n) is 6.31. The predicted molar refractivity (Wildman–Crippen MR) is 94.3 cm³/mol. The largest absolute Gasteiger partial charge is 0.348 e. The molecule has 0 aromatic carbocycles. The molecule has 0 radical (unpaired) electrons. The van der Waals surface area contributed by atoms with Gasteiger partial charge in [-0.3, -0.25) is 0 Å². The Morgan fingerprint density at radius 1 is 0.737 bits per heavy atom. The smallest absolute Gasteiger partial charge is 0.200 e. The van der Waals surface area contributed by atoms with Gasteiger partial charge in [0.05, 0.1) is 0 Å². The fraction of sp³-hybridized carbons (Fsp3) is 1.00. The average molecular weight is 363 g/mol. The minimum Gasteiger partial charge on any atom is -0.348 e. The Morgan fingerprint density at radius 3 is 1.26 bits per heavy atom. The zero-order valence-electron chi connectivity index (χ0n) is 12.7. The van der Waals surface area contributed by atoms with Crippen molar-refractivity contribution in [3.05, 3.63) is 0 Å². The molecule has 0 aromatic heterocycles. The number of hydrogen-bond acceptors (Lipinski definition) is 7. The van der Waals surface area contributed by atoms with Crippen molar-refractivity contribution in [1.82, 2.24) is 0 Å². The van der Waals surface area contributed by atoms with Crippen molar-refractivity contribution in [3.63, 3.8) is 0 Å². The van der Waals surface area contributed by atoms with Gasteiger partial charge in [-0.15, -0.1) is 0 Å². The summed E-state index contributed by atoms with van der Waals surface area (Å²) in [4.78, 5) is 0. The van der Waals surface area contributed by atoms with Gasteiger partial charge in [0, 0.05) is 28.4 Å². The van der Waals surface area contributed by atoms with Crippen LogP contribution in [0.3, 0.4) is 0 Å². The van der Waals surface area contributed by atoms with Crippen LogP contribution in [0.4, 0.5) is 0 Å². The third kappa shape index (κ3) is 6.74. The minimum atomic E-state index is -0.451. The Morgan fingerprint density at radius 2 is 1.05 bits per heavy atom. The highest BCUT2D eigenvalue weighted by Crippen LogP contribution is 2.49. The second kappa shape index (κ2) is 11.0. The van der Waals surface area contributed by atoms with E-state index in [0.717, 1.165) is 12.1 Å². The topological polar surface area (TPSA) is 36.9 Å². The van der Waals surface area contributed by atoms with Crippen LogP contribution in [0.15, 0.2) is 0 Å². The number of methoxy groups -OCH3 is 4. The Hall–Kier alpha value is 1.32. The van der Waals surface area contributed by atoms with Crippen molar-refractivity contribution in [1.29, 1.82) is 0 Å². The second-order valence-electron chi connectivity index (χ2n) is 3.92. The van der Waals surface area contributed by atoms with Crippen molar-refractivity contribution in [2.45, 2.75) is 35.4 Å². The molecular weight excluding hydrogens is 336 g/mol. The summed E-state index contributed by atoms with van der Waals surface area (Å²) in [5.41, 5.74) is 0. The van der Waals surface area contributed by atoms with Crippen molar-refractivity contribution in [3.8, 4) is 0 Å². The van der Waals surface area contributed by atoms with Crippen LogP contribution in [0.5, 0.6) is 0 Å². The van der Waals surface area contributed by atoms with Crippen LogP contribution < -0.4 is 0 Å². The number of ether oxygens (including phenoxy) is 4. The van der Waals surface area contributed by atoms with E-state index in [1.807, 2.05) is 0 Å². The first-order valence-corrected chi connectivity index (χ1v) is 13.2. The number of hydrogen-bond donors (Lipinski definition) is 0. The molecular formula is C10H26O4S3Si2. The highest BCUT2D eigenvalue weighted by atomic mass is 33.5. The van der Waals surface area contributed by atoms with E-state index in [2.05, 4.69) is 13.8 Å². The summed E-state index contributed by atoms with van der Waals surface area (Å²) in [6.45, 7) is 4.35. The molecule has 0 aliphatic rings. The molecule has 0 N–H and O–H groups in total. The van der Waals surface area contributed by atoms with Gasteiger partial charge >= 0.3 is 0 Å². The SMILES string of the molecule is CC[SiH2]C(OC)(OC)SSSC(OC)(OC)[SiH2]CC. The summed E-state index contributed by atoms with van der Waals surface area (Å²) in [5, 5.41) is 0. The molecule has 0 spiro atoms. The number of rotatable bonds is 12. The summed E-state index contributed by atoms with van der Waals surface area (Å²) in [7, 11) is 10.9. The van der Waals surface area contributed by atoms with E-state index >= 15 is 0 Å². The van der Waals surface area contributed by atoms with Gasteiger partial charge in [-0.05, 0) is 31.4 Å². The predicted octanol–water partition coefficient (Wildman–Crippen LogP) is 2.04. The molecule has 0 bridgehead atoms. The molecule has 0 heterocycles. The molecule has 116 valence electrons. The monoisotopic (exact) mass is 362 g/mol. The van der Waals surface area contributed by atoms with Crippen molar-refractivity contribution in [2.75, 3.05) is 28.4 Å². The normalized spacial score (nSPS) is 14.2. The van der Waals surface area contributed by atoms with Gasteiger partial charge in [0.25, 0.3) is 0 Å². The van der Waals surface area contributed by atoms with Crippen LogP contribution in [0.25, 0.3) is 0 Å². The molecule has 0 amide bonds. The molecule has 19 heavy (non-hydrogen) atoms. The maximum absolute atomic E-state index is 5.57. The quantitative estimate of drug-likeness (QED) is 0.299. The molecule has 0 aliphatic carbocycles. The van der Waals surface area contributed by atoms with Crippen molar-refractivity contribution in [2.24, 2.45) is 0 Å². The molecule has 0 aliphatic heterocycles. The Bertz CT molecular complexity index is 207. The van der Waals surface area contributed by atoms with E-state index in [1.165, 1.54) is 0 Å². The summed E-state index contributed by atoms with van der Waals surface area (Å²) < 4.78 is 21.4. The molecule has 0 saturated carbocycles. The fourth-order valence-corrected chi connectivity index (χ4v) is 13.8. The third-order valence-electron chi connectivity index (χ3n) is 2.68. The Kier molecular flexibility index (Phi) is 11.7. The Balaban J connectivity index is 4.43. The molecule has 4 nitrogen and oxygen atoms in total. The van der Waals surface area contributed by atoms with E-state index in [-0.39, 0.29) is 0 Å².